The fourth-order valence-electron chi connectivity index (χ4n) is 4.63. The molecule has 156 valence electrons. The minimum atomic E-state index is -0.424. The zero-order chi connectivity index (χ0) is 18.4. The lowest BCUT2D eigenvalue weighted by Gasteiger charge is -2.38. The summed E-state index contributed by atoms with van der Waals surface area (Å²) in [7, 11) is 0. The lowest BCUT2D eigenvalue weighted by Crippen LogP contribution is -2.56. The quantitative estimate of drug-likeness (QED) is 0.766. The van der Waals surface area contributed by atoms with E-state index in [9.17, 15) is 9.59 Å². The van der Waals surface area contributed by atoms with Crippen LogP contribution in [0.2, 0.25) is 0 Å². The van der Waals surface area contributed by atoms with Gasteiger partial charge in [-0.3, -0.25) is 9.59 Å². The number of rotatable bonds is 5. The molecule has 2 N–H and O–H groups in total. The van der Waals surface area contributed by atoms with Crippen LogP contribution in [0.25, 0.3) is 0 Å². The maximum atomic E-state index is 12.7. The van der Waals surface area contributed by atoms with Crippen LogP contribution in [0.5, 0.6) is 0 Å². The van der Waals surface area contributed by atoms with Crippen molar-refractivity contribution in [1.82, 2.24) is 9.80 Å². The predicted octanol–water partition coefficient (Wildman–Crippen LogP) is 2.19. The summed E-state index contributed by atoms with van der Waals surface area (Å²) in [5.74, 6) is 1.28. The molecule has 1 aliphatic carbocycles. The third-order valence-electron chi connectivity index (χ3n) is 6.49. The highest BCUT2D eigenvalue weighted by Crippen LogP contribution is 2.27. The van der Waals surface area contributed by atoms with Gasteiger partial charge in [-0.05, 0) is 31.1 Å². The molecule has 2 heterocycles. The molecular weight excluding hydrogens is 366 g/mol. The van der Waals surface area contributed by atoms with Gasteiger partial charge in [0.1, 0.15) is 0 Å². The molecule has 7 heteroatoms. The zero-order valence-corrected chi connectivity index (χ0v) is 17.3. The Hall–Kier alpha value is -0.850. The van der Waals surface area contributed by atoms with Gasteiger partial charge >= 0.3 is 0 Å². The van der Waals surface area contributed by atoms with E-state index in [1.165, 1.54) is 32.1 Å². The van der Waals surface area contributed by atoms with E-state index in [1.54, 1.807) is 0 Å². The monoisotopic (exact) mass is 401 g/mol. The van der Waals surface area contributed by atoms with Gasteiger partial charge in [0.15, 0.2) is 0 Å². The van der Waals surface area contributed by atoms with Crippen molar-refractivity contribution in [2.24, 2.45) is 17.6 Å². The minimum absolute atomic E-state index is 0. The third-order valence-corrected chi connectivity index (χ3v) is 6.49. The van der Waals surface area contributed by atoms with Gasteiger partial charge < -0.3 is 20.3 Å². The Morgan fingerprint density at radius 1 is 0.926 bits per heavy atom. The Bertz CT molecular complexity index is 471. The van der Waals surface area contributed by atoms with Gasteiger partial charge in [0.05, 0.1) is 6.04 Å². The van der Waals surface area contributed by atoms with Crippen LogP contribution in [0.3, 0.4) is 0 Å². The van der Waals surface area contributed by atoms with Crippen molar-refractivity contribution in [3.8, 4) is 0 Å². The highest BCUT2D eigenvalue weighted by molar-refractivity contribution is 5.85. The van der Waals surface area contributed by atoms with Crippen LogP contribution < -0.4 is 5.73 Å². The van der Waals surface area contributed by atoms with Crippen LogP contribution >= 0.6 is 12.4 Å². The smallest absolute Gasteiger partial charge is 0.239 e. The van der Waals surface area contributed by atoms with Gasteiger partial charge in [-0.2, -0.15) is 0 Å². The topological polar surface area (TPSA) is 75.9 Å². The Morgan fingerprint density at radius 3 is 2.15 bits per heavy atom. The van der Waals surface area contributed by atoms with E-state index in [4.69, 9.17) is 10.5 Å². The highest BCUT2D eigenvalue weighted by Gasteiger charge is 2.32. The van der Waals surface area contributed by atoms with Crippen LogP contribution in [-0.4, -0.2) is 67.0 Å². The summed E-state index contributed by atoms with van der Waals surface area (Å²) < 4.78 is 5.36. The second kappa shape index (κ2) is 11.2. The average molecular weight is 402 g/mol. The lowest BCUT2D eigenvalue weighted by atomic mass is 9.86. The van der Waals surface area contributed by atoms with Crippen LogP contribution in [-0.2, 0) is 14.3 Å². The maximum absolute atomic E-state index is 12.7. The summed E-state index contributed by atoms with van der Waals surface area (Å²) in [5.41, 5.74) is 6.22. The fourth-order valence-corrected chi connectivity index (χ4v) is 4.63. The molecule has 0 spiro atoms. The number of carbonyl (C=O) groups excluding carboxylic acids is 2. The number of amides is 2. The van der Waals surface area contributed by atoms with E-state index in [1.807, 2.05) is 9.80 Å². The molecule has 6 nitrogen and oxygen atoms in total. The normalized spacial score (nSPS) is 23.6. The Kier molecular flexibility index (Phi) is 9.33. The van der Waals surface area contributed by atoms with Crippen molar-refractivity contribution < 1.29 is 14.3 Å². The molecule has 0 aromatic heterocycles. The second-order valence-corrected chi connectivity index (χ2v) is 8.22. The van der Waals surface area contributed by atoms with E-state index in [0.717, 1.165) is 25.2 Å². The number of hydrogen-bond acceptors (Lipinski definition) is 4. The number of nitrogens with zero attached hydrogens (tertiary/aromatic N) is 2. The van der Waals surface area contributed by atoms with Crippen molar-refractivity contribution in [1.29, 1.82) is 0 Å². The van der Waals surface area contributed by atoms with Crippen molar-refractivity contribution >= 4 is 24.2 Å². The molecule has 3 fully saturated rings. The number of halogens is 1. The summed E-state index contributed by atoms with van der Waals surface area (Å²) in [6.45, 7) is 3.94. The van der Waals surface area contributed by atoms with Crippen molar-refractivity contribution in [2.45, 2.75) is 63.8 Å². The second-order valence-electron chi connectivity index (χ2n) is 8.22. The van der Waals surface area contributed by atoms with Gasteiger partial charge in [-0.25, -0.2) is 0 Å². The maximum Gasteiger partial charge on any atom is 0.239 e. The fraction of sp³-hybridized carbons (Fsp3) is 0.900. The van der Waals surface area contributed by atoms with Gasteiger partial charge in [0, 0.05) is 45.8 Å². The Labute approximate surface area is 169 Å². The molecular formula is C20H36ClN3O3. The first-order valence-electron chi connectivity index (χ1n) is 10.5. The van der Waals surface area contributed by atoms with E-state index in [-0.39, 0.29) is 30.1 Å². The van der Waals surface area contributed by atoms with E-state index < -0.39 is 6.04 Å². The molecule has 1 saturated carbocycles. The summed E-state index contributed by atoms with van der Waals surface area (Å²) >= 11 is 0. The molecule has 1 atom stereocenters. The largest absolute Gasteiger partial charge is 0.381 e. The number of ether oxygens (including phenoxy) is 1. The molecule has 3 rings (SSSR count). The van der Waals surface area contributed by atoms with Crippen LogP contribution in [0.4, 0.5) is 0 Å². The number of piperazine rings is 1. The predicted molar refractivity (Wildman–Crippen MR) is 108 cm³/mol. The molecule has 0 aromatic rings. The summed E-state index contributed by atoms with van der Waals surface area (Å²) in [4.78, 5) is 28.9. The molecule has 0 bridgehead atoms. The number of carbonyl (C=O) groups is 2. The van der Waals surface area contributed by atoms with E-state index in [2.05, 4.69) is 0 Å². The van der Waals surface area contributed by atoms with E-state index >= 15 is 0 Å². The average Bonchev–Trinajstić information content (AvgIpc) is 2.72. The van der Waals surface area contributed by atoms with Gasteiger partial charge in [-0.15, -0.1) is 12.4 Å². The summed E-state index contributed by atoms with van der Waals surface area (Å²) in [6.07, 6.45) is 10.0. The molecule has 1 unspecified atom stereocenters. The van der Waals surface area contributed by atoms with Gasteiger partial charge in [0.2, 0.25) is 11.8 Å². The van der Waals surface area contributed by atoms with Crippen molar-refractivity contribution in [3.63, 3.8) is 0 Å². The Balaban J connectivity index is 0.00000261. The number of hydrogen-bond donors (Lipinski definition) is 1. The van der Waals surface area contributed by atoms with Gasteiger partial charge in [-0.1, -0.05) is 32.1 Å². The first-order valence-corrected chi connectivity index (χ1v) is 10.5. The van der Waals surface area contributed by atoms with Crippen LogP contribution in [0, 0.1) is 11.8 Å². The minimum Gasteiger partial charge on any atom is -0.381 e. The SMILES string of the molecule is Cl.NC(C(=O)N1CCN(C(=O)CCC2CCCCC2)CC1)C1CCOCC1. The molecule has 2 saturated heterocycles. The standard InChI is InChI=1S/C20H35N3O3.ClH/c21-19(17-8-14-26-15-9-17)20(25)23-12-10-22(11-13-23)18(24)7-6-16-4-2-1-3-5-16;/h16-17,19H,1-15,21H2;1H. The first kappa shape index (κ1) is 22.4. The molecule has 3 aliphatic rings. The molecule has 0 aromatic carbocycles. The van der Waals surface area contributed by atoms with Crippen molar-refractivity contribution in [2.75, 3.05) is 39.4 Å². The molecule has 2 aliphatic heterocycles. The summed E-state index contributed by atoms with van der Waals surface area (Å²) in [5, 5.41) is 0. The van der Waals surface area contributed by atoms with Crippen molar-refractivity contribution in [3.05, 3.63) is 0 Å². The van der Waals surface area contributed by atoms with Gasteiger partial charge in [0.25, 0.3) is 0 Å². The molecule has 0 radical (unpaired) electrons. The van der Waals surface area contributed by atoms with Crippen LogP contribution in [0.15, 0.2) is 0 Å². The summed E-state index contributed by atoms with van der Waals surface area (Å²) in [6, 6.07) is -0.424. The molecule has 27 heavy (non-hydrogen) atoms. The zero-order valence-electron chi connectivity index (χ0n) is 16.4. The number of nitrogens with two attached hydrogens (primary N) is 1. The molecule has 2 amide bonds. The Morgan fingerprint density at radius 2 is 1.52 bits per heavy atom. The van der Waals surface area contributed by atoms with E-state index in [0.29, 0.717) is 45.8 Å². The highest BCUT2D eigenvalue weighted by atomic mass is 35.5. The lowest BCUT2D eigenvalue weighted by molar-refractivity contribution is -0.141. The van der Waals surface area contributed by atoms with Crippen LogP contribution in [0.1, 0.15) is 57.8 Å². The first-order chi connectivity index (χ1) is 12.6. The third kappa shape index (κ3) is 6.33.